The standard InChI is InChI=1S/C22H29N3O6S2/c1-3-31-22(28)13-21-25(20(27)15-32-21)14-19(26)23-17-9-8-16(2)18(12-17)33(29,30)24-10-6-4-5-7-11-24/h8-9,12-13H,3-7,10-11,14-15H2,1-2H3,(H,23,26)/b21-13+. The van der Waals surface area contributed by atoms with Gasteiger partial charge in [-0.3, -0.25) is 14.5 Å². The number of esters is 1. The van der Waals surface area contributed by atoms with Crippen LogP contribution < -0.4 is 5.32 Å². The predicted octanol–water partition coefficient (Wildman–Crippen LogP) is 2.48. The van der Waals surface area contributed by atoms with E-state index in [1.54, 1.807) is 26.0 Å². The fourth-order valence-electron chi connectivity index (χ4n) is 3.71. The minimum Gasteiger partial charge on any atom is -0.463 e. The van der Waals surface area contributed by atoms with Gasteiger partial charge in [0.05, 0.1) is 28.4 Å². The SMILES string of the molecule is CCOC(=O)/C=C1/SCC(=O)N1CC(=O)Nc1ccc(C)c(S(=O)(=O)N2CCCCCC2)c1. The molecule has 11 heteroatoms. The van der Waals surface area contributed by atoms with Crippen LogP contribution >= 0.6 is 11.8 Å². The van der Waals surface area contributed by atoms with Crippen LogP contribution in [0.5, 0.6) is 0 Å². The number of carbonyl (C=O) groups is 3. The third-order valence-electron chi connectivity index (χ3n) is 5.40. The van der Waals surface area contributed by atoms with Crippen LogP contribution in [0.25, 0.3) is 0 Å². The molecular formula is C22H29N3O6S2. The number of benzene rings is 1. The van der Waals surface area contributed by atoms with Crippen molar-refractivity contribution in [2.75, 3.05) is 37.3 Å². The fourth-order valence-corrected chi connectivity index (χ4v) is 6.40. The molecule has 180 valence electrons. The first kappa shape index (κ1) is 25.3. The van der Waals surface area contributed by atoms with Gasteiger partial charge < -0.3 is 10.1 Å². The number of amides is 2. The number of thioether (sulfide) groups is 1. The maximum atomic E-state index is 13.2. The number of aryl methyl sites for hydroxylation is 1. The number of sulfonamides is 1. The molecule has 0 aromatic heterocycles. The largest absolute Gasteiger partial charge is 0.463 e. The van der Waals surface area contributed by atoms with Gasteiger partial charge in [0.25, 0.3) is 0 Å². The van der Waals surface area contributed by atoms with E-state index >= 15 is 0 Å². The predicted molar refractivity (Wildman–Crippen MR) is 126 cm³/mol. The molecule has 0 aliphatic carbocycles. The average molecular weight is 496 g/mol. The Bertz CT molecular complexity index is 1050. The molecule has 2 saturated heterocycles. The first-order valence-corrected chi connectivity index (χ1v) is 13.4. The van der Waals surface area contributed by atoms with Crippen molar-refractivity contribution in [2.24, 2.45) is 0 Å². The van der Waals surface area contributed by atoms with Crippen LogP contribution in [0.15, 0.2) is 34.2 Å². The summed E-state index contributed by atoms with van der Waals surface area (Å²) in [7, 11) is -3.68. The third kappa shape index (κ3) is 6.36. The molecule has 33 heavy (non-hydrogen) atoms. The van der Waals surface area contributed by atoms with Gasteiger partial charge in [-0.1, -0.05) is 30.7 Å². The van der Waals surface area contributed by atoms with E-state index < -0.39 is 21.9 Å². The van der Waals surface area contributed by atoms with E-state index in [1.807, 2.05) is 0 Å². The van der Waals surface area contributed by atoms with Gasteiger partial charge in [-0.25, -0.2) is 13.2 Å². The summed E-state index contributed by atoms with van der Waals surface area (Å²) < 4.78 is 32.8. The number of nitrogens with zero attached hydrogens (tertiary/aromatic N) is 2. The second-order valence-corrected chi connectivity index (χ2v) is 10.8. The van der Waals surface area contributed by atoms with Crippen molar-refractivity contribution in [3.8, 4) is 0 Å². The summed E-state index contributed by atoms with van der Waals surface area (Å²) in [5.41, 5.74) is 0.928. The summed E-state index contributed by atoms with van der Waals surface area (Å²) in [5.74, 6) is -1.25. The molecule has 2 amide bonds. The number of nitrogens with one attached hydrogen (secondary N) is 1. The number of anilines is 1. The van der Waals surface area contributed by atoms with E-state index in [9.17, 15) is 22.8 Å². The zero-order valence-corrected chi connectivity index (χ0v) is 20.5. The monoisotopic (exact) mass is 495 g/mol. The van der Waals surface area contributed by atoms with Gasteiger partial charge in [-0.05, 0) is 44.4 Å². The first-order valence-electron chi connectivity index (χ1n) is 10.9. The van der Waals surface area contributed by atoms with Crippen molar-refractivity contribution >= 4 is 45.3 Å². The van der Waals surface area contributed by atoms with Crippen molar-refractivity contribution in [3.63, 3.8) is 0 Å². The number of rotatable bonds is 7. The molecule has 0 atom stereocenters. The second-order valence-electron chi connectivity index (χ2n) is 7.85. The molecule has 2 aliphatic heterocycles. The Balaban J connectivity index is 1.74. The van der Waals surface area contributed by atoms with Crippen molar-refractivity contribution in [2.45, 2.75) is 44.4 Å². The Morgan fingerprint density at radius 2 is 1.88 bits per heavy atom. The Morgan fingerprint density at radius 3 is 2.55 bits per heavy atom. The Kier molecular flexibility index (Phi) is 8.55. The molecule has 2 aliphatic rings. The van der Waals surface area contributed by atoms with Crippen molar-refractivity contribution in [1.29, 1.82) is 0 Å². The van der Waals surface area contributed by atoms with Crippen LogP contribution in [0.3, 0.4) is 0 Å². The molecule has 2 fully saturated rings. The van der Waals surface area contributed by atoms with Crippen LogP contribution in [0.1, 0.15) is 38.2 Å². The van der Waals surface area contributed by atoms with E-state index in [1.165, 1.54) is 21.3 Å². The van der Waals surface area contributed by atoms with Crippen molar-refractivity contribution in [3.05, 3.63) is 34.9 Å². The molecule has 3 rings (SSSR count). The summed E-state index contributed by atoms with van der Waals surface area (Å²) in [6, 6.07) is 4.75. The quantitative estimate of drug-likeness (QED) is 0.457. The number of carbonyl (C=O) groups excluding carboxylic acids is 3. The summed E-state index contributed by atoms with van der Waals surface area (Å²) in [6.07, 6.45) is 4.89. The van der Waals surface area contributed by atoms with Gasteiger partial charge in [0, 0.05) is 18.8 Å². The molecule has 9 nitrogen and oxygen atoms in total. The van der Waals surface area contributed by atoms with Gasteiger partial charge >= 0.3 is 5.97 Å². The highest BCUT2D eigenvalue weighted by molar-refractivity contribution is 8.04. The highest BCUT2D eigenvalue weighted by Crippen LogP contribution is 2.29. The Labute approximate surface area is 198 Å². The summed E-state index contributed by atoms with van der Waals surface area (Å²) in [4.78, 5) is 38.0. The van der Waals surface area contributed by atoms with E-state index in [-0.39, 0.29) is 29.7 Å². The number of ether oxygens (including phenoxy) is 1. The summed E-state index contributed by atoms with van der Waals surface area (Å²) in [6.45, 7) is 4.29. The molecule has 0 saturated carbocycles. The van der Waals surface area contributed by atoms with Crippen molar-refractivity contribution in [1.82, 2.24) is 9.21 Å². The van der Waals surface area contributed by atoms with E-state index in [4.69, 9.17) is 4.74 Å². The highest BCUT2D eigenvalue weighted by atomic mass is 32.2. The summed E-state index contributed by atoms with van der Waals surface area (Å²) in [5, 5.41) is 3.02. The number of hydrogen-bond acceptors (Lipinski definition) is 7. The van der Waals surface area contributed by atoms with Gasteiger partial charge in [-0.15, -0.1) is 0 Å². The topological polar surface area (TPSA) is 113 Å². The highest BCUT2D eigenvalue weighted by Gasteiger charge is 2.30. The van der Waals surface area contributed by atoms with E-state index in [0.29, 0.717) is 29.4 Å². The van der Waals surface area contributed by atoms with Crippen LogP contribution in [0, 0.1) is 6.92 Å². The molecule has 1 aromatic carbocycles. The first-order chi connectivity index (χ1) is 15.7. The van der Waals surface area contributed by atoms with Crippen LogP contribution in [-0.2, 0) is 29.1 Å². The molecular weight excluding hydrogens is 466 g/mol. The second kappa shape index (κ2) is 11.2. The maximum absolute atomic E-state index is 13.2. The van der Waals surface area contributed by atoms with Crippen molar-refractivity contribution < 1.29 is 27.5 Å². The third-order valence-corrected chi connectivity index (χ3v) is 8.46. The van der Waals surface area contributed by atoms with E-state index in [0.717, 1.165) is 37.4 Å². The van der Waals surface area contributed by atoms with Crippen LogP contribution in [-0.4, -0.2) is 67.4 Å². The van der Waals surface area contributed by atoms with Gasteiger partial charge in [0.15, 0.2) is 0 Å². The lowest BCUT2D eigenvalue weighted by molar-refractivity contribution is -0.137. The molecule has 1 aromatic rings. The normalized spacial score (nSPS) is 18.9. The Morgan fingerprint density at radius 1 is 1.18 bits per heavy atom. The molecule has 0 unspecified atom stereocenters. The maximum Gasteiger partial charge on any atom is 0.333 e. The van der Waals surface area contributed by atoms with Crippen LogP contribution in [0.4, 0.5) is 5.69 Å². The lowest BCUT2D eigenvalue weighted by Crippen LogP contribution is -2.34. The van der Waals surface area contributed by atoms with Gasteiger partial charge in [-0.2, -0.15) is 4.31 Å². The smallest absolute Gasteiger partial charge is 0.333 e. The Hall–Kier alpha value is -2.37. The molecule has 2 heterocycles. The zero-order valence-electron chi connectivity index (χ0n) is 18.8. The fraction of sp³-hybridized carbons (Fsp3) is 0.500. The molecule has 0 bridgehead atoms. The molecule has 0 spiro atoms. The van der Waals surface area contributed by atoms with E-state index in [2.05, 4.69) is 5.32 Å². The zero-order chi connectivity index (χ0) is 24.0. The minimum atomic E-state index is -3.68. The number of hydrogen-bond donors (Lipinski definition) is 1. The van der Waals surface area contributed by atoms with Gasteiger partial charge in [0.2, 0.25) is 21.8 Å². The molecule has 0 radical (unpaired) electrons. The van der Waals surface area contributed by atoms with Gasteiger partial charge in [0.1, 0.15) is 6.54 Å². The van der Waals surface area contributed by atoms with Crippen LogP contribution in [0.2, 0.25) is 0 Å². The average Bonchev–Trinajstić information content (AvgIpc) is 2.97. The summed E-state index contributed by atoms with van der Waals surface area (Å²) >= 11 is 1.16. The lowest BCUT2D eigenvalue weighted by Gasteiger charge is -2.22. The molecule has 1 N–H and O–H groups in total. The lowest BCUT2D eigenvalue weighted by atomic mass is 10.2. The minimum absolute atomic E-state index is 0.126.